The molecule has 2 aliphatic heterocycles. The number of rotatable bonds is 8. The fourth-order valence-corrected chi connectivity index (χ4v) is 4.02. The molecule has 0 radical (unpaired) electrons. The van der Waals surface area contributed by atoms with Crippen LogP contribution in [0.4, 0.5) is 11.5 Å². The highest BCUT2D eigenvalue weighted by molar-refractivity contribution is 6.28. The number of ether oxygens (including phenoxy) is 1. The van der Waals surface area contributed by atoms with E-state index in [9.17, 15) is 15.2 Å². The number of piperazine rings is 1. The highest BCUT2D eigenvalue weighted by Gasteiger charge is 2.37. The molecule has 9 nitrogen and oxygen atoms in total. The highest BCUT2D eigenvalue weighted by atomic mass is 35.5. The molecule has 2 fully saturated rings. The van der Waals surface area contributed by atoms with E-state index in [1.54, 1.807) is 0 Å². The number of aromatic nitrogens is 2. The van der Waals surface area contributed by atoms with Gasteiger partial charge in [0.1, 0.15) is 18.6 Å². The van der Waals surface area contributed by atoms with Crippen LogP contribution in [0.3, 0.4) is 0 Å². The van der Waals surface area contributed by atoms with Gasteiger partial charge in [-0.3, -0.25) is 4.57 Å². The Morgan fingerprint density at radius 3 is 2.82 bits per heavy atom. The lowest BCUT2D eigenvalue weighted by molar-refractivity contribution is -0.389. The van der Waals surface area contributed by atoms with Crippen molar-refractivity contribution in [3.05, 3.63) is 45.9 Å². The molecule has 2 saturated heterocycles. The molecule has 0 saturated carbocycles. The van der Waals surface area contributed by atoms with Crippen molar-refractivity contribution in [1.29, 1.82) is 0 Å². The van der Waals surface area contributed by atoms with Crippen LogP contribution in [0.5, 0.6) is 5.75 Å². The van der Waals surface area contributed by atoms with E-state index in [2.05, 4.69) is 15.2 Å². The quantitative estimate of drug-likeness (QED) is 0.508. The minimum atomic E-state index is -0.724. The van der Waals surface area contributed by atoms with Crippen molar-refractivity contribution < 1.29 is 14.8 Å². The van der Waals surface area contributed by atoms with Crippen LogP contribution < -0.4 is 15.0 Å². The number of benzene rings is 1. The molecule has 4 rings (SSSR count). The molecule has 0 aliphatic carbocycles. The molecule has 3 atom stereocenters. The molecular weight excluding hydrogens is 386 g/mol. The van der Waals surface area contributed by atoms with E-state index in [4.69, 9.17) is 16.3 Å². The lowest BCUT2D eigenvalue weighted by Crippen LogP contribution is -2.43. The molecule has 28 heavy (non-hydrogen) atoms. The average molecular weight is 408 g/mol. The van der Waals surface area contributed by atoms with Gasteiger partial charge in [0.25, 0.3) is 0 Å². The van der Waals surface area contributed by atoms with Gasteiger partial charge in [0.05, 0.1) is 6.10 Å². The van der Waals surface area contributed by atoms with Gasteiger partial charge in [-0.1, -0.05) is 0 Å². The molecule has 2 aliphatic rings. The van der Waals surface area contributed by atoms with Crippen molar-refractivity contribution in [3.63, 3.8) is 0 Å². The monoisotopic (exact) mass is 407 g/mol. The third kappa shape index (κ3) is 4.06. The fourth-order valence-electron chi connectivity index (χ4n) is 3.80. The van der Waals surface area contributed by atoms with Gasteiger partial charge in [-0.2, -0.15) is 0 Å². The van der Waals surface area contributed by atoms with E-state index < -0.39 is 11.0 Å². The molecule has 2 N–H and O–H groups in total. The molecule has 1 aromatic carbocycles. The predicted molar refractivity (Wildman–Crippen MR) is 104 cm³/mol. The maximum atomic E-state index is 10.7. The predicted octanol–water partition coefficient (Wildman–Crippen LogP) is 1.83. The number of anilines is 1. The molecule has 2 bridgehead atoms. The number of nitrogens with one attached hydrogen (secondary N) is 1. The number of hydrogen-bond acceptors (Lipinski definition) is 7. The summed E-state index contributed by atoms with van der Waals surface area (Å²) in [4.78, 5) is 16.2. The van der Waals surface area contributed by atoms with Crippen LogP contribution in [0.2, 0.25) is 5.28 Å². The topological polar surface area (TPSA) is 106 Å². The summed E-state index contributed by atoms with van der Waals surface area (Å²) in [6.45, 7) is 2.53. The number of aryl methyl sites for hydroxylation is 1. The molecule has 0 spiro atoms. The van der Waals surface area contributed by atoms with Crippen LogP contribution >= 0.6 is 11.6 Å². The maximum Gasteiger partial charge on any atom is 0.383 e. The molecule has 150 valence electrons. The van der Waals surface area contributed by atoms with Crippen molar-refractivity contribution >= 4 is 23.1 Å². The third-order valence-electron chi connectivity index (χ3n) is 5.27. The largest absolute Gasteiger partial charge is 0.491 e. The Hall–Kier alpha value is -2.36. The molecule has 10 heteroatoms. The summed E-state index contributed by atoms with van der Waals surface area (Å²) in [7, 11) is 0. The van der Waals surface area contributed by atoms with Crippen LogP contribution in [-0.2, 0) is 6.54 Å². The summed E-state index contributed by atoms with van der Waals surface area (Å²) in [6.07, 6.45) is 2.08. The van der Waals surface area contributed by atoms with Gasteiger partial charge in [0.2, 0.25) is 0 Å². The van der Waals surface area contributed by atoms with Crippen LogP contribution in [-0.4, -0.2) is 57.5 Å². The maximum absolute atomic E-state index is 10.7. The van der Waals surface area contributed by atoms with Crippen molar-refractivity contribution in [2.75, 3.05) is 24.6 Å². The van der Waals surface area contributed by atoms with Gasteiger partial charge in [-0.25, -0.2) is 0 Å². The summed E-state index contributed by atoms with van der Waals surface area (Å²) in [5.41, 5.74) is 1.19. The molecule has 1 aromatic heterocycles. The number of aliphatic hydroxyl groups excluding tert-OH is 1. The second-order valence-corrected chi connectivity index (χ2v) is 7.55. The zero-order valence-corrected chi connectivity index (χ0v) is 16.0. The first-order valence-electron chi connectivity index (χ1n) is 9.27. The first kappa shape index (κ1) is 19.0. The summed E-state index contributed by atoms with van der Waals surface area (Å²) >= 11 is 5.86. The number of halogens is 1. The SMILES string of the molecule is O=[N+]([O-])c1cn(CC[C@H](O)COc2ccc(N3CC4CC3CN4)cc2)c(Cl)n1. The number of nitrogens with zero attached hydrogens (tertiary/aromatic N) is 4. The molecule has 3 heterocycles. The smallest absolute Gasteiger partial charge is 0.383 e. The van der Waals surface area contributed by atoms with E-state index in [1.807, 2.05) is 24.3 Å². The second kappa shape index (κ2) is 7.94. The molecule has 2 unspecified atom stereocenters. The van der Waals surface area contributed by atoms with Crippen LogP contribution in [0.25, 0.3) is 0 Å². The average Bonchev–Trinajstić information content (AvgIpc) is 3.41. The van der Waals surface area contributed by atoms with Gasteiger partial charge >= 0.3 is 11.1 Å². The Kier molecular flexibility index (Phi) is 5.38. The Morgan fingerprint density at radius 1 is 1.43 bits per heavy atom. The Morgan fingerprint density at radius 2 is 2.21 bits per heavy atom. The molecule has 0 amide bonds. The van der Waals surface area contributed by atoms with E-state index in [1.165, 1.54) is 22.9 Å². The summed E-state index contributed by atoms with van der Waals surface area (Å²) in [6, 6.07) is 9.10. The normalized spacial score (nSPS) is 21.9. The van der Waals surface area contributed by atoms with E-state index in [0.29, 0.717) is 30.8 Å². The van der Waals surface area contributed by atoms with Gasteiger partial charge < -0.3 is 30.2 Å². The first-order valence-corrected chi connectivity index (χ1v) is 9.65. The fraction of sp³-hybridized carbons (Fsp3) is 0.500. The number of nitro groups is 1. The lowest BCUT2D eigenvalue weighted by Gasteiger charge is -2.29. The number of imidazole rings is 1. The zero-order chi connectivity index (χ0) is 19.7. The number of hydrogen-bond donors (Lipinski definition) is 2. The molecular formula is C18H22ClN5O4. The van der Waals surface area contributed by atoms with Gasteiger partial charge in [-0.05, 0) is 58.6 Å². The van der Waals surface area contributed by atoms with Crippen molar-refractivity contribution in [3.8, 4) is 5.75 Å². The number of aliphatic hydroxyl groups is 1. The summed E-state index contributed by atoms with van der Waals surface area (Å²) < 4.78 is 7.10. The standard InChI is InChI=1S/C18H22ClN5O4/c19-18-21-17(24(26)27)10-22(18)6-5-15(25)11-28-16-3-1-13(2-4-16)23-9-12-7-14(23)8-20-12/h1-4,10,12,14-15,20,25H,5-9,11H2/t12?,14?,15-/m0/s1. The summed E-state index contributed by atoms with van der Waals surface area (Å²) in [5, 5.41) is 24.4. The van der Waals surface area contributed by atoms with Crippen molar-refractivity contribution in [2.24, 2.45) is 0 Å². The van der Waals surface area contributed by atoms with Crippen LogP contribution in [0.1, 0.15) is 12.8 Å². The Bertz CT molecular complexity index is 843. The van der Waals surface area contributed by atoms with Gasteiger partial charge in [0, 0.05) is 37.4 Å². The number of fused-ring (bicyclic) bond motifs is 2. The zero-order valence-electron chi connectivity index (χ0n) is 15.2. The van der Waals surface area contributed by atoms with E-state index in [-0.39, 0.29) is 17.7 Å². The van der Waals surface area contributed by atoms with Gasteiger partial charge in [0.15, 0.2) is 0 Å². The van der Waals surface area contributed by atoms with E-state index >= 15 is 0 Å². The van der Waals surface area contributed by atoms with Crippen molar-refractivity contribution in [2.45, 2.75) is 37.6 Å². The third-order valence-corrected chi connectivity index (χ3v) is 5.57. The second-order valence-electron chi connectivity index (χ2n) is 7.21. The van der Waals surface area contributed by atoms with Crippen molar-refractivity contribution in [1.82, 2.24) is 14.9 Å². The first-order chi connectivity index (χ1) is 13.5. The van der Waals surface area contributed by atoms with Crippen LogP contribution in [0.15, 0.2) is 30.5 Å². The molecule has 2 aromatic rings. The lowest BCUT2D eigenvalue weighted by atomic mass is 10.2. The highest BCUT2D eigenvalue weighted by Crippen LogP contribution is 2.30. The van der Waals surface area contributed by atoms with Crippen LogP contribution in [0, 0.1) is 10.1 Å². The minimum absolute atomic E-state index is 0.0289. The minimum Gasteiger partial charge on any atom is -0.491 e. The Balaban J connectivity index is 1.24. The Labute approximate surface area is 167 Å². The summed E-state index contributed by atoms with van der Waals surface area (Å²) in [5.74, 6) is 0.388. The van der Waals surface area contributed by atoms with E-state index in [0.717, 1.165) is 13.1 Å². The van der Waals surface area contributed by atoms with Gasteiger partial charge in [-0.15, -0.1) is 0 Å².